The number of aromatic nitrogens is 2. The molecule has 86 valence electrons. The molecule has 0 aliphatic heterocycles. The number of aryl methyl sites for hydroxylation is 1. The van der Waals surface area contributed by atoms with Crippen LogP contribution in [0.4, 0.5) is 0 Å². The van der Waals surface area contributed by atoms with Gasteiger partial charge in [-0.25, -0.2) is 9.97 Å². The van der Waals surface area contributed by atoms with Crippen LogP contribution in [0.25, 0.3) is 11.4 Å². The van der Waals surface area contributed by atoms with Crippen molar-refractivity contribution < 1.29 is 5.11 Å². The van der Waals surface area contributed by atoms with E-state index in [1.54, 1.807) is 24.4 Å². The maximum absolute atomic E-state index is 9.43. The quantitative estimate of drug-likeness (QED) is 0.779. The highest BCUT2D eigenvalue weighted by Gasteiger charge is 2.21. The molecule has 4 nitrogen and oxygen atoms in total. The topological polar surface area (TPSA) is 72.0 Å². The van der Waals surface area contributed by atoms with Gasteiger partial charge in [0.25, 0.3) is 0 Å². The number of rotatable bonds is 1. The predicted molar refractivity (Wildman–Crippen MR) is 64.4 cm³/mol. The third-order valence-corrected chi connectivity index (χ3v) is 3.10. The number of benzene rings is 1. The van der Waals surface area contributed by atoms with E-state index < -0.39 is 0 Å². The van der Waals surface area contributed by atoms with E-state index in [1.165, 1.54) is 0 Å². The summed E-state index contributed by atoms with van der Waals surface area (Å²) in [5.74, 6) is 0.872. The first-order valence-electron chi connectivity index (χ1n) is 5.65. The molecule has 1 atom stereocenters. The molecule has 0 saturated carbocycles. The zero-order valence-corrected chi connectivity index (χ0v) is 9.30. The van der Waals surface area contributed by atoms with Crippen LogP contribution in [-0.2, 0) is 6.42 Å². The van der Waals surface area contributed by atoms with Crippen LogP contribution >= 0.6 is 0 Å². The van der Waals surface area contributed by atoms with Gasteiger partial charge < -0.3 is 10.8 Å². The second-order valence-electron chi connectivity index (χ2n) is 4.29. The predicted octanol–water partition coefficient (Wildman–Crippen LogP) is 1.80. The third kappa shape index (κ3) is 1.76. The number of fused-ring (bicyclic) bond motifs is 1. The first-order chi connectivity index (χ1) is 8.24. The number of hydrogen-bond acceptors (Lipinski definition) is 4. The van der Waals surface area contributed by atoms with Gasteiger partial charge in [0.1, 0.15) is 5.75 Å². The fourth-order valence-corrected chi connectivity index (χ4v) is 2.17. The van der Waals surface area contributed by atoms with Crippen molar-refractivity contribution in [1.82, 2.24) is 9.97 Å². The maximum Gasteiger partial charge on any atom is 0.159 e. The van der Waals surface area contributed by atoms with Crippen LogP contribution in [0.15, 0.2) is 30.5 Å². The van der Waals surface area contributed by atoms with Gasteiger partial charge in [-0.1, -0.05) is 12.1 Å². The molecule has 2 aromatic rings. The molecule has 1 aromatic heterocycles. The highest BCUT2D eigenvalue weighted by atomic mass is 16.3. The van der Waals surface area contributed by atoms with Crippen molar-refractivity contribution in [2.45, 2.75) is 18.9 Å². The molecule has 0 fully saturated rings. The van der Waals surface area contributed by atoms with Gasteiger partial charge in [0.05, 0.1) is 0 Å². The largest absolute Gasteiger partial charge is 0.508 e. The second kappa shape index (κ2) is 3.82. The van der Waals surface area contributed by atoms with Gasteiger partial charge in [0.2, 0.25) is 0 Å². The lowest BCUT2D eigenvalue weighted by atomic mass is 10.1. The minimum Gasteiger partial charge on any atom is -0.508 e. The van der Waals surface area contributed by atoms with Crippen LogP contribution in [0.1, 0.15) is 23.7 Å². The Bertz CT molecular complexity index is 568. The van der Waals surface area contributed by atoms with Gasteiger partial charge in [-0.15, -0.1) is 0 Å². The lowest BCUT2D eigenvalue weighted by molar-refractivity contribution is 0.475. The van der Waals surface area contributed by atoms with E-state index >= 15 is 0 Å². The Morgan fingerprint density at radius 3 is 3.06 bits per heavy atom. The van der Waals surface area contributed by atoms with Crippen molar-refractivity contribution in [3.8, 4) is 17.1 Å². The first-order valence-corrected chi connectivity index (χ1v) is 5.65. The van der Waals surface area contributed by atoms with Crippen LogP contribution in [-0.4, -0.2) is 15.1 Å². The summed E-state index contributed by atoms with van der Waals surface area (Å²) in [6.07, 6.45) is 3.65. The molecule has 1 aliphatic carbocycles. The van der Waals surface area contributed by atoms with E-state index in [2.05, 4.69) is 9.97 Å². The molecule has 4 heteroatoms. The van der Waals surface area contributed by atoms with Crippen LogP contribution in [0.2, 0.25) is 0 Å². The summed E-state index contributed by atoms with van der Waals surface area (Å²) in [4.78, 5) is 8.82. The van der Waals surface area contributed by atoms with Gasteiger partial charge in [-0.3, -0.25) is 0 Å². The molecule has 0 saturated heterocycles. The zero-order valence-electron chi connectivity index (χ0n) is 9.30. The van der Waals surface area contributed by atoms with Crippen LogP contribution in [0.3, 0.4) is 0 Å². The van der Waals surface area contributed by atoms with Crippen molar-refractivity contribution in [2.24, 2.45) is 5.73 Å². The number of aromatic hydroxyl groups is 1. The standard InChI is InChI=1S/C13H13N3O/c14-11-4-5-12-10(11)7-15-13(16-12)8-2-1-3-9(17)6-8/h1-3,6-7,11,17H,4-5,14H2. The molecular formula is C13H13N3O. The van der Waals surface area contributed by atoms with Gasteiger partial charge in [-0.05, 0) is 25.0 Å². The average molecular weight is 227 g/mol. The molecule has 3 N–H and O–H groups in total. The summed E-state index contributed by atoms with van der Waals surface area (Å²) in [5, 5.41) is 9.43. The van der Waals surface area contributed by atoms with Gasteiger partial charge in [0.15, 0.2) is 5.82 Å². The van der Waals surface area contributed by atoms with Crippen LogP contribution in [0.5, 0.6) is 5.75 Å². The Balaban J connectivity index is 2.06. The Hall–Kier alpha value is -1.94. The molecule has 3 rings (SSSR count). The molecule has 1 heterocycles. The Morgan fingerprint density at radius 2 is 2.24 bits per heavy atom. The molecule has 0 bridgehead atoms. The number of phenols is 1. The fraction of sp³-hybridized carbons (Fsp3) is 0.231. The van der Waals surface area contributed by atoms with E-state index in [0.29, 0.717) is 5.82 Å². The van der Waals surface area contributed by atoms with Gasteiger partial charge in [0, 0.05) is 29.1 Å². The minimum absolute atomic E-state index is 0.0724. The van der Waals surface area contributed by atoms with Crippen molar-refractivity contribution in [3.63, 3.8) is 0 Å². The van der Waals surface area contributed by atoms with Crippen LogP contribution in [0, 0.1) is 0 Å². The zero-order chi connectivity index (χ0) is 11.8. The molecule has 1 aromatic carbocycles. The normalized spacial score (nSPS) is 18.1. The molecule has 0 amide bonds. The van der Waals surface area contributed by atoms with E-state index in [4.69, 9.17) is 5.73 Å². The second-order valence-corrected chi connectivity index (χ2v) is 4.29. The Morgan fingerprint density at radius 1 is 1.35 bits per heavy atom. The molecule has 1 unspecified atom stereocenters. The first kappa shape index (κ1) is 10.2. The van der Waals surface area contributed by atoms with E-state index in [9.17, 15) is 5.11 Å². The van der Waals surface area contributed by atoms with Crippen molar-refractivity contribution in [3.05, 3.63) is 41.7 Å². The summed E-state index contributed by atoms with van der Waals surface area (Å²) in [6, 6.07) is 7.04. The monoisotopic (exact) mass is 227 g/mol. The van der Waals surface area contributed by atoms with E-state index in [1.807, 2.05) is 6.07 Å². The van der Waals surface area contributed by atoms with E-state index in [-0.39, 0.29) is 11.8 Å². The molecule has 0 spiro atoms. The lowest BCUT2D eigenvalue weighted by Gasteiger charge is -2.05. The Labute approximate surface area is 99.2 Å². The summed E-state index contributed by atoms with van der Waals surface area (Å²) in [6.45, 7) is 0. The summed E-state index contributed by atoms with van der Waals surface area (Å²) >= 11 is 0. The Kier molecular flexibility index (Phi) is 2.30. The summed E-state index contributed by atoms with van der Waals surface area (Å²) < 4.78 is 0. The van der Waals surface area contributed by atoms with Crippen molar-refractivity contribution in [2.75, 3.05) is 0 Å². The van der Waals surface area contributed by atoms with Crippen molar-refractivity contribution in [1.29, 1.82) is 0 Å². The number of nitrogens with two attached hydrogens (primary N) is 1. The highest BCUT2D eigenvalue weighted by Crippen LogP contribution is 2.29. The van der Waals surface area contributed by atoms with E-state index in [0.717, 1.165) is 29.7 Å². The molecule has 17 heavy (non-hydrogen) atoms. The average Bonchev–Trinajstić information content (AvgIpc) is 2.71. The summed E-state index contributed by atoms with van der Waals surface area (Å²) in [5.41, 5.74) is 8.85. The maximum atomic E-state index is 9.43. The third-order valence-electron chi connectivity index (χ3n) is 3.10. The number of nitrogens with zero attached hydrogens (tertiary/aromatic N) is 2. The minimum atomic E-state index is 0.0724. The van der Waals surface area contributed by atoms with Gasteiger partial charge in [-0.2, -0.15) is 0 Å². The highest BCUT2D eigenvalue weighted by molar-refractivity contribution is 5.57. The van der Waals surface area contributed by atoms with Crippen molar-refractivity contribution >= 4 is 0 Å². The lowest BCUT2D eigenvalue weighted by Crippen LogP contribution is -2.06. The van der Waals surface area contributed by atoms with Crippen LogP contribution < -0.4 is 5.73 Å². The molecular weight excluding hydrogens is 214 g/mol. The molecule has 1 aliphatic rings. The number of phenolic OH excluding ortho intramolecular Hbond substituents is 1. The molecule has 0 radical (unpaired) electrons. The van der Waals surface area contributed by atoms with Gasteiger partial charge >= 0.3 is 0 Å². The number of hydrogen-bond donors (Lipinski definition) is 2. The SMILES string of the molecule is NC1CCc2nc(-c3cccc(O)c3)ncc21. The summed E-state index contributed by atoms with van der Waals surface area (Å²) in [7, 11) is 0. The fourth-order valence-electron chi connectivity index (χ4n) is 2.17. The smallest absolute Gasteiger partial charge is 0.159 e.